The molecule has 12 heavy (non-hydrogen) atoms. The van der Waals surface area contributed by atoms with Crippen LogP contribution < -0.4 is 0 Å². The molecular formula is C7H13NO3S. The summed E-state index contributed by atoms with van der Waals surface area (Å²) >= 11 is 0. The lowest BCUT2D eigenvalue weighted by Crippen LogP contribution is -2.25. The molecule has 5 heteroatoms. The van der Waals surface area contributed by atoms with E-state index in [9.17, 15) is 8.42 Å². The Bertz CT molecular complexity index is 307. The zero-order chi connectivity index (χ0) is 9.41. The Morgan fingerprint density at radius 1 is 1.67 bits per heavy atom. The van der Waals surface area contributed by atoms with Crippen LogP contribution in [0.15, 0.2) is 5.16 Å². The van der Waals surface area contributed by atoms with Crippen molar-refractivity contribution in [3.8, 4) is 0 Å². The van der Waals surface area contributed by atoms with E-state index < -0.39 is 15.4 Å². The third-order valence-corrected chi connectivity index (χ3v) is 3.14. The van der Waals surface area contributed by atoms with E-state index in [0.717, 1.165) is 12.7 Å². The Kier molecular flexibility index (Phi) is 2.16. The van der Waals surface area contributed by atoms with E-state index >= 15 is 0 Å². The van der Waals surface area contributed by atoms with Crippen LogP contribution in [-0.4, -0.2) is 25.3 Å². The molecule has 0 amide bonds. The first-order chi connectivity index (χ1) is 5.37. The van der Waals surface area contributed by atoms with Crippen molar-refractivity contribution in [2.45, 2.75) is 32.3 Å². The molecule has 0 aromatic carbocycles. The van der Waals surface area contributed by atoms with Crippen molar-refractivity contribution in [2.24, 2.45) is 5.16 Å². The van der Waals surface area contributed by atoms with E-state index in [0.29, 0.717) is 6.42 Å². The van der Waals surface area contributed by atoms with Crippen molar-refractivity contribution in [3.63, 3.8) is 0 Å². The molecular weight excluding hydrogens is 178 g/mol. The predicted octanol–water partition coefficient (Wildman–Crippen LogP) is 0.933. The molecule has 0 spiro atoms. The van der Waals surface area contributed by atoms with Crippen LogP contribution in [0.2, 0.25) is 0 Å². The van der Waals surface area contributed by atoms with Gasteiger partial charge in [0.25, 0.3) is 0 Å². The third kappa shape index (κ3) is 1.77. The van der Waals surface area contributed by atoms with Gasteiger partial charge in [-0.3, -0.25) is 0 Å². The molecule has 1 atom stereocenters. The molecule has 0 bridgehead atoms. The van der Waals surface area contributed by atoms with Gasteiger partial charge >= 0.3 is 0 Å². The van der Waals surface area contributed by atoms with E-state index in [-0.39, 0.29) is 5.04 Å². The molecule has 0 radical (unpaired) electrons. The van der Waals surface area contributed by atoms with Gasteiger partial charge in [-0.2, -0.15) is 0 Å². The standard InChI is InChI=1S/C7H13NO3S/c1-4-7(2)5-6(8-11-7)12(3,9)10/h4-5H2,1-3H3. The number of sulfone groups is 1. The summed E-state index contributed by atoms with van der Waals surface area (Å²) in [7, 11) is -3.16. The summed E-state index contributed by atoms with van der Waals surface area (Å²) in [6, 6.07) is 0. The van der Waals surface area contributed by atoms with Crippen molar-refractivity contribution in [2.75, 3.05) is 6.26 Å². The van der Waals surface area contributed by atoms with Gasteiger partial charge in [-0.1, -0.05) is 12.1 Å². The van der Waals surface area contributed by atoms with Crippen molar-refractivity contribution in [3.05, 3.63) is 0 Å². The molecule has 0 aromatic rings. The molecule has 1 aliphatic rings. The summed E-state index contributed by atoms with van der Waals surface area (Å²) in [4.78, 5) is 5.04. The second-order valence-corrected chi connectivity index (χ2v) is 5.34. The molecule has 1 rings (SSSR count). The largest absolute Gasteiger partial charge is 0.388 e. The zero-order valence-corrected chi connectivity index (χ0v) is 8.31. The van der Waals surface area contributed by atoms with E-state index in [1.54, 1.807) is 0 Å². The van der Waals surface area contributed by atoms with Gasteiger partial charge in [-0.15, -0.1) is 0 Å². The number of nitrogens with zero attached hydrogens (tertiary/aromatic N) is 1. The summed E-state index contributed by atoms with van der Waals surface area (Å²) in [5, 5.41) is 3.72. The van der Waals surface area contributed by atoms with Crippen LogP contribution in [0, 0.1) is 0 Å². The SMILES string of the molecule is CCC1(C)CC(S(C)(=O)=O)=NO1. The summed E-state index contributed by atoms with van der Waals surface area (Å²) in [5.74, 6) is 0. The molecule has 0 saturated carbocycles. The lowest BCUT2D eigenvalue weighted by molar-refractivity contribution is -0.00604. The number of oxime groups is 1. The summed E-state index contributed by atoms with van der Waals surface area (Å²) in [5.41, 5.74) is -0.418. The summed E-state index contributed by atoms with van der Waals surface area (Å²) in [6.45, 7) is 3.80. The van der Waals surface area contributed by atoms with Crippen LogP contribution in [-0.2, 0) is 14.7 Å². The van der Waals surface area contributed by atoms with Gasteiger partial charge < -0.3 is 4.84 Å². The van der Waals surface area contributed by atoms with Gasteiger partial charge in [-0.05, 0) is 13.3 Å². The summed E-state index contributed by atoms with van der Waals surface area (Å²) in [6.07, 6.45) is 2.30. The summed E-state index contributed by atoms with van der Waals surface area (Å²) < 4.78 is 22.1. The first-order valence-electron chi connectivity index (χ1n) is 3.82. The number of hydrogen-bond acceptors (Lipinski definition) is 4. The maximum atomic E-state index is 11.0. The van der Waals surface area contributed by atoms with Gasteiger partial charge in [-0.25, -0.2) is 8.42 Å². The average Bonchev–Trinajstić information content (AvgIpc) is 2.32. The smallest absolute Gasteiger partial charge is 0.192 e. The second kappa shape index (κ2) is 2.73. The van der Waals surface area contributed by atoms with Crippen LogP contribution in [0.5, 0.6) is 0 Å². The van der Waals surface area contributed by atoms with E-state index in [2.05, 4.69) is 5.16 Å². The highest BCUT2D eigenvalue weighted by Gasteiger charge is 2.36. The van der Waals surface area contributed by atoms with Crippen molar-refractivity contribution < 1.29 is 13.3 Å². The second-order valence-electron chi connectivity index (χ2n) is 3.33. The molecule has 0 aromatic heterocycles. The minimum atomic E-state index is -3.16. The third-order valence-electron chi connectivity index (χ3n) is 2.07. The maximum Gasteiger partial charge on any atom is 0.192 e. The highest BCUT2D eigenvalue weighted by molar-refractivity contribution is 8.05. The lowest BCUT2D eigenvalue weighted by Gasteiger charge is -2.17. The van der Waals surface area contributed by atoms with Crippen molar-refractivity contribution in [1.29, 1.82) is 0 Å². The molecule has 4 nitrogen and oxygen atoms in total. The van der Waals surface area contributed by atoms with Crippen molar-refractivity contribution >= 4 is 14.9 Å². The first kappa shape index (κ1) is 9.51. The Balaban J connectivity index is 2.80. The fourth-order valence-corrected chi connectivity index (χ4v) is 1.67. The Morgan fingerprint density at radius 2 is 2.25 bits per heavy atom. The maximum absolute atomic E-state index is 11.0. The van der Waals surface area contributed by atoms with Gasteiger partial charge in [0.15, 0.2) is 14.9 Å². The molecule has 0 aliphatic carbocycles. The van der Waals surface area contributed by atoms with Crippen LogP contribution in [0.25, 0.3) is 0 Å². The highest BCUT2D eigenvalue weighted by atomic mass is 32.2. The predicted molar refractivity (Wildman–Crippen MR) is 46.7 cm³/mol. The fourth-order valence-electron chi connectivity index (χ4n) is 0.934. The quantitative estimate of drug-likeness (QED) is 0.619. The lowest BCUT2D eigenvalue weighted by atomic mass is 10.0. The van der Waals surface area contributed by atoms with Crippen LogP contribution >= 0.6 is 0 Å². The van der Waals surface area contributed by atoms with Gasteiger partial charge in [0.05, 0.1) is 0 Å². The normalized spacial score (nSPS) is 29.8. The molecule has 1 aliphatic heterocycles. The number of rotatable bonds is 1. The number of hydrogen-bond donors (Lipinski definition) is 0. The molecule has 0 fully saturated rings. The Morgan fingerprint density at radius 3 is 2.50 bits per heavy atom. The van der Waals surface area contributed by atoms with Crippen LogP contribution in [0.1, 0.15) is 26.7 Å². The van der Waals surface area contributed by atoms with E-state index in [1.165, 1.54) is 0 Å². The Hall–Kier alpha value is -0.580. The highest BCUT2D eigenvalue weighted by Crippen LogP contribution is 2.27. The molecule has 70 valence electrons. The van der Waals surface area contributed by atoms with Crippen molar-refractivity contribution in [1.82, 2.24) is 0 Å². The van der Waals surface area contributed by atoms with E-state index in [1.807, 2.05) is 13.8 Å². The fraction of sp³-hybridized carbons (Fsp3) is 0.857. The minimum Gasteiger partial charge on any atom is -0.388 e. The van der Waals surface area contributed by atoms with Gasteiger partial charge in [0, 0.05) is 12.7 Å². The molecule has 1 unspecified atom stereocenters. The minimum absolute atomic E-state index is 0.159. The first-order valence-corrected chi connectivity index (χ1v) is 5.72. The van der Waals surface area contributed by atoms with Gasteiger partial charge in [0.2, 0.25) is 0 Å². The van der Waals surface area contributed by atoms with Gasteiger partial charge in [0.1, 0.15) is 5.60 Å². The Labute approximate surface area is 72.5 Å². The van der Waals surface area contributed by atoms with Crippen LogP contribution in [0.4, 0.5) is 0 Å². The topological polar surface area (TPSA) is 55.7 Å². The average molecular weight is 191 g/mol. The van der Waals surface area contributed by atoms with E-state index in [4.69, 9.17) is 4.84 Å². The van der Waals surface area contributed by atoms with Crippen LogP contribution in [0.3, 0.4) is 0 Å². The zero-order valence-electron chi connectivity index (χ0n) is 7.49. The molecule has 0 saturated heterocycles. The molecule has 1 heterocycles. The molecule has 0 N–H and O–H groups in total. The monoisotopic (exact) mass is 191 g/mol.